The molecule has 0 amide bonds. The topological polar surface area (TPSA) is 80.3 Å². The van der Waals surface area contributed by atoms with Crippen molar-refractivity contribution in [1.29, 1.82) is 0 Å². The molecule has 0 fully saturated rings. The quantitative estimate of drug-likeness (QED) is 0.0483. The minimum atomic E-state index is -3.05. The Morgan fingerprint density at radius 3 is 0.667 bits per heavy atom. The fraction of sp³-hybridized carbons (Fsp3) is 1.00. The summed E-state index contributed by atoms with van der Waals surface area (Å²) in [5.41, 5.74) is 0. The second-order valence-corrected chi connectivity index (χ2v) is 16.6. The van der Waals surface area contributed by atoms with Crippen LogP contribution in [0.5, 0.6) is 0 Å². The van der Waals surface area contributed by atoms with Gasteiger partial charge in [-0.15, -0.1) is 0 Å². The molecule has 0 aliphatic rings. The average molecular weight is 642 g/mol. The Labute approximate surface area is 256 Å². The minimum absolute atomic E-state index is 0. The maximum absolute atomic E-state index is 11.8. The van der Waals surface area contributed by atoms with Crippen LogP contribution in [0.1, 0.15) is 182 Å². The van der Waals surface area contributed by atoms with E-state index in [4.69, 9.17) is 0 Å². The first-order chi connectivity index (χ1) is 18.2. The molecule has 0 N–H and O–H groups in total. The van der Waals surface area contributed by atoms with Crippen molar-refractivity contribution in [3.63, 3.8) is 0 Å². The maximum Gasteiger partial charge on any atom is 2.00 e. The minimum Gasteiger partial charge on any atom is -0.799 e. The molecule has 0 spiro atoms. The van der Waals surface area contributed by atoms with Crippen molar-refractivity contribution in [1.82, 2.24) is 0 Å². The third kappa shape index (κ3) is 38.9. The number of hydrogen-bond acceptors (Lipinski definition) is 4. The summed E-state index contributed by atoms with van der Waals surface area (Å²) in [6, 6.07) is 0. The molecule has 0 saturated heterocycles. The van der Waals surface area contributed by atoms with E-state index in [1.807, 2.05) is 0 Å². The van der Waals surface area contributed by atoms with E-state index in [1.165, 1.54) is 103 Å². The predicted molar refractivity (Wildman–Crippen MR) is 168 cm³/mol. The molecule has 0 atom stereocenters. The first-order valence-electron chi connectivity index (χ1n) is 16.8. The Morgan fingerprint density at radius 1 is 0.333 bits per heavy atom. The maximum atomic E-state index is 11.8. The van der Waals surface area contributed by atoms with E-state index in [2.05, 4.69) is 27.7 Å². The number of rotatable bonds is 28. The summed E-state index contributed by atoms with van der Waals surface area (Å²) in [5.74, 6) is 0. The van der Waals surface area contributed by atoms with Gasteiger partial charge in [0.25, 0.3) is 0 Å². The third-order valence-corrected chi connectivity index (χ3v) is 11.4. The van der Waals surface area contributed by atoms with Gasteiger partial charge >= 0.3 is 17.1 Å². The molecule has 0 aromatic rings. The molecule has 0 aromatic heterocycles. The summed E-state index contributed by atoms with van der Waals surface area (Å²) >= 11 is 0. The van der Waals surface area contributed by atoms with E-state index in [9.17, 15) is 18.9 Å². The first kappa shape index (κ1) is 44.3. The average Bonchev–Trinajstić information content (AvgIpc) is 2.88. The molecule has 0 aromatic carbocycles. The Balaban J connectivity index is -0.000000648. The first-order valence-corrected chi connectivity index (χ1v) is 20.8. The normalized spacial score (nSPS) is 11.6. The van der Waals surface area contributed by atoms with Crippen molar-refractivity contribution in [3.05, 3.63) is 0 Å². The Morgan fingerprint density at radius 2 is 0.487 bits per heavy atom. The molecule has 0 heterocycles. The fourth-order valence-corrected chi connectivity index (χ4v) is 8.02. The molecule has 0 unspecified atom stereocenters. The van der Waals surface area contributed by atoms with Crippen LogP contribution in [0.2, 0.25) is 0 Å². The van der Waals surface area contributed by atoms with Crippen molar-refractivity contribution in [2.45, 2.75) is 182 Å². The molecule has 4 nitrogen and oxygen atoms in total. The molecule has 0 aliphatic carbocycles. The van der Waals surface area contributed by atoms with E-state index in [0.717, 1.165) is 51.4 Å². The third-order valence-electron chi connectivity index (χ3n) is 7.41. The van der Waals surface area contributed by atoms with Crippen LogP contribution in [0.4, 0.5) is 0 Å². The SMILES string of the molecule is CCCCCCCCP(=O)([O-])CCCCCCCC.CCCCCCCCP(=O)([O-])CCCCCCCC.[Cu+2]. The van der Waals surface area contributed by atoms with Gasteiger partial charge < -0.3 is 18.9 Å². The standard InChI is InChI=1S/2C16H35O2P.Cu/c2*1-3-5-7-9-11-13-15-19(17,18)16-14-12-10-8-6-4-2;/h2*3-16H2,1-2H3,(H,17,18);/q;;+2/p-2. The second-order valence-electron chi connectivity index (χ2n) is 11.6. The summed E-state index contributed by atoms with van der Waals surface area (Å²) < 4.78 is 23.7. The van der Waals surface area contributed by atoms with E-state index in [0.29, 0.717) is 24.6 Å². The van der Waals surface area contributed by atoms with Gasteiger partial charge in [-0.1, -0.05) is 156 Å². The van der Waals surface area contributed by atoms with Gasteiger partial charge in [-0.2, -0.15) is 0 Å². The van der Waals surface area contributed by atoms with Gasteiger partial charge in [-0.25, -0.2) is 0 Å². The van der Waals surface area contributed by atoms with Crippen LogP contribution in [0.25, 0.3) is 0 Å². The number of unbranched alkanes of at least 4 members (excludes halogenated alkanes) is 20. The molecule has 0 saturated carbocycles. The largest absolute Gasteiger partial charge is 2.00 e. The molecule has 0 bridgehead atoms. The van der Waals surface area contributed by atoms with Crippen LogP contribution in [-0.2, 0) is 26.2 Å². The molecule has 39 heavy (non-hydrogen) atoms. The van der Waals surface area contributed by atoms with Crippen molar-refractivity contribution >= 4 is 14.7 Å². The van der Waals surface area contributed by atoms with E-state index >= 15 is 0 Å². The van der Waals surface area contributed by atoms with Gasteiger partial charge in [0.15, 0.2) is 0 Å². The van der Waals surface area contributed by atoms with E-state index < -0.39 is 14.7 Å². The van der Waals surface area contributed by atoms with Crippen molar-refractivity contribution in [2.24, 2.45) is 0 Å². The summed E-state index contributed by atoms with van der Waals surface area (Å²) in [4.78, 5) is 23.7. The molecular weight excluding hydrogens is 574 g/mol. The van der Waals surface area contributed by atoms with Gasteiger partial charge in [0, 0.05) is 14.7 Å². The number of hydrogen-bond donors (Lipinski definition) is 0. The molecule has 1 radical (unpaired) electrons. The zero-order chi connectivity index (χ0) is 28.8. The van der Waals surface area contributed by atoms with Crippen LogP contribution < -0.4 is 9.79 Å². The molecule has 0 aliphatic heterocycles. The summed E-state index contributed by atoms with van der Waals surface area (Å²) in [7, 11) is -6.11. The monoisotopic (exact) mass is 641 g/mol. The summed E-state index contributed by atoms with van der Waals surface area (Å²) in [6.45, 7) is 8.80. The zero-order valence-electron chi connectivity index (χ0n) is 26.6. The van der Waals surface area contributed by atoms with Crippen LogP contribution in [0.15, 0.2) is 0 Å². The fourth-order valence-electron chi connectivity index (χ4n) is 4.76. The van der Waals surface area contributed by atoms with Crippen LogP contribution in [-0.4, -0.2) is 24.6 Å². The Hall–Kier alpha value is 0.899. The summed E-state index contributed by atoms with van der Waals surface area (Å²) in [6.07, 6.45) is 29.6. The molecule has 241 valence electrons. The molecule has 0 rings (SSSR count). The van der Waals surface area contributed by atoms with Gasteiger partial charge in [-0.3, -0.25) is 0 Å². The van der Waals surface area contributed by atoms with Gasteiger partial charge in [0.1, 0.15) is 0 Å². The van der Waals surface area contributed by atoms with Gasteiger partial charge in [0.05, 0.1) is 0 Å². The molecular formula is C32H68CuO4P2. The van der Waals surface area contributed by atoms with Crippen molar-refractivity contribution in [2.75, 3.05) is 24.6 Å². The predicted octanol–water partition coefficient (Wildman–Crippen LogP) is 10.7. The van der Waals surface area contributed by atoms with E-state index in [-0.39, 0.29) is 17.1 Å². The van der Waals surface area contributed by atoms with Crippen LogP contribution in [0.3, 0.4) is 0 Å². The molecule has 7 heteroatoms. The summed E-state index contributed by atoms with van der Waals surface area (Å²) in [5, 5.41) is 0. The van der Waals surface area contributed by atoms with Crippen LogP contribution in [0, 0.1) is 0 Å². The van der Waals surface area contributed by atoms with Crippen molar-refractivity contribution in [3.8, 4) is 0 Å². The second kappa shape index (κ2) is 33.4. The van der Waals surface area contributed by atoms with Gasteiger partial charge in [-0.05, 0) is 50.3 Å². The van der Waals surface area contributed by atoms with Crippen LogP contribution >= 0.6 is 14.7 Å². The smallest absolute Gasteiger partial charge is 0.799 e. The Kier molecular flexibility index (Phi) is 38.0. The van der Waals surface area contributed by atoms with E-state index in [1.54, 1.807) is 0 Å². The van der Waals surface area contributed by atoms with Gasteiger partial charge in [0.2, 0.25) is 0 Å². The zero-order valence-corrected chi connectivity index (χ0v) is 29.4. The Bertz CT molecular complexity index is 472. The van der Waals surface area contributed by atoms with Crippen molar-refractivity contribution < 1.29 is 36.0 Å².